The number of nitrogens with zero attached hydrogens (tertiary/aromatic N) is 3. The van der Waals surface area contributed by atoms with Crippen LogP contribution in [0.1, 0.15) is 78.6 Å². The van der Waals surface area contributed by atoms with Gasteiger partial charge >= 0.3 is 5.97 Å². The van der Waals surface area contributed by atoms with Gasteiger partial charge in [0.1, 0.15) is 0 Å². The molecule has 0 aliphatic carbocycles. The highest BCUT2D eigenvalue weighted by molar-refractivity contribution is 5.87. The molecule has 1 N–H and O–H groups in total. The van der Waals surface area contributed by atoms with Gasteiger partial charge in [-0.2, -0.15) is 0 Å². The molecule has 0 spiro atoms. The number of carbonyl (C=O) groups is 1. The standard InChI is InChI=1S/C27H41N3O4/c1-18(2)33-24(31)23(34-25(4,5)6)27(32)10-9-21(29-17-27)20-16-28-19(3)15-22(20)30-13-11-26(7,8)12-14-30/h9-10,15-18,21,23,32H,11-14H2,1-8H3. The third-order valence-electron chi connectivity index (χ3n) is 6.27. The van der Waals surface area contributed by atoms with Gasteiger partial charge in [-0.05, 0) is 71.9 Å². The van der Waals surface area contributed by atoms with Crippen LogP contribution in [0, 0.1) is 12.3 Å². The summed E-state index contributed by atoms with van der Waals surface area (Å²) < 4.78 is 11.3. The Balaban J connectivity index is 1.87. The number of rotatable bonds is 6. The minimum absolute atomic E-state index is 0.310. The number of piperidine rings is 1. The molecular formula is C27H41N3O4. The molecule has 1 saturated heterocycles. The molecular weight excluding hydrogens is 430 g/mol. The number of aliphatic hydroxyl groups is 1. The van der Waals surface area contributed by atoms with E-state index in [0.717, 1.165) is 42.9 Å². The number of ether oxygens (including phenoxy) is 2. The van der Waals surface area contributed by atoms with Gasteiger partial charge in [-0.25, -0.2) is 4.79 Å². The van der Waals surface area contributed by atoms with Gasteiger partial charge in [0.2, 0.25) is 0 Å². The van der Waals surface area contributed by atoms with Crippen LogP contribution < -0.4 is 4.90 Å². The van der Waals surface area contributed by atoms with Crippen molar-refractivity contribution in [2.75, 3.05) is 18.0 Å². The Kier molecular flexibility index (Phi) is 7.58. The fourth-order valence-corrected chi connectivity index (χ4v) is 4.27. The second-order valence-electron chi connectivity index (χ2n) is 11.6. The number of esters is 1. The average molecular weight is 472 g/mol. The summed E-state index contributed by atoms with van der Waals surface area (Å²) in [5.41, 5.74) is 1.05. The number of anilines is 1. The van der Waals surface area contributed by atoms with Crippen LogP contribution >= 0.6 is 0 Å². The van der Waals surface area contributed by atoms with E-state index in [-0.39, 0.29) is 12.1 Å². The second-order valence-corrected chi connectivity index (χ2v) is 11.6. The van der Waals surface area contributed by atoms with Crippen molar-refractivity contribution in [3.8, 4) is 0 Å². The van der Waals surface area contributed by atoms with Crippen molar-refractivity contribution in [3.63, 3.8) is 0 Å². The summed E-state index contributed by atoms with van der Waals surface area (Å²) in [5, 5.41) is 11.4. The first kappa shape index (κ1) is 26.4. The summed E-state index contributed by atoms with van der Waals surface area (Å²) in [5.74, 6) is -0.615. The highest BCUT2D eigenvalue weighted by atomic mass is 16.6. The van der Waals surface area contributed by atoms with Gasteiger partial charge in [0.15, 0.2) is 11.7 Å². The Morgan fingerprint density at radius 1 is 1.24 bits per heavy atom. The normalized spacial score (nSPS) is 25.5. The molecule has 3 unspecified atom stereocenters. The number of carbonyl (C=O) groups excluding carboxylic acids is 1. The van der Waals surface area contributed by atoms with Crippen molar-refractivity contribution in [2.45, 2.75) is 97.7 Å². The van der Waals surface area contributed by atoms with Crippen molar-refractivity contribution in [1.29, 1.82) is 0 Å². The molecule has 1 fully saturated rings. The third-order valence-corrected chi connectivity index (χ3v) is 6.27. The van der Waals surface area contributed by atoms with E-state index in [1.807, 2.05) is 40.0 Å². The van der Waals surface area contributed by atoms with Crippen molar-refractivity contribution in [1.82, 2.24) is 4.98 Å². The first-order chi connectivity index (χ1) is 15.7. The zero-order chi connectivity index (χ0) is 25.3. The summed E-state index contributed by atoms with van der Waals surface area (Å²) >= 11 is 0. The number of aryl methyl sites for hydroxylation is 1. The first-order valence-electron chi connectivity index (χ1n) is 12.2. The van der Waals surface area contributed by atoms with E-state index in [2.05, 4.69) is 34.8 Å². The smallest absolute Gasteiger partial charge is 0.339 e. The molecule has 188 valence electrons. The van der Waals surface area contributed by atoms with Crippen molar-refractivity contribution >= 4 is 17.9 Å². The van der Waals surface area contributed by atoms with Crippen molar-refractivity contribution in [3.05, 3.63) is 35.7 Å². The van der Waals surface area contributed by atoms with Crippen LogP contribution in [0.15, 0.2) is 29.4 Å². The summed E-state index contributed by atoms with van der Waals surface area (Å²) in [6.45, 7) is 17.6. The van der Waals surface area contributed by atoms with Gasteiger partial charge in [-0.3, -0.25) is 9.98 Å². The molecule has 0 bridgehead atoms. The fourth-order valence-electron chi connectivity index (χ4n) is 4.27. The van der Waals surface area contributed by atoms with Crippen LogP contribution in [-0.2, 0) is 14.3 Å². The van der Waals surface area contributed by atoms with Crippen molar-refractivity contribution < 1.29 is 19.4 Å². The molecule has 2 aliphatic rings. The number of hydrogen-bond donors (Lipinski definition) is 1. The van der Waals surface area contributed by atoms with Crippen LogP contribution in [0.4, 0.5) is 5.69 Å². The minimum Gasteiger partial charge on any atom is -0.461 e. The van der Waals surface area contributed by atoms with E-state index < -0.39 is 23.3 Å². The van der Waals surface area contributed by atoms with Crippen molar-refractivity contribution in [2.24, 2.45) is 10.4 Å². The highest BCUT2D eigenvalue weighted by Gasteiger charge is 2.45. The third kappa shape index (κ3) is 6.45. The maximum absolute atomic E-state index is 12.8. The zero-order valence-electron chi connectivity index (χ0n) is 22.0. The molecule has 0 amide bonds. The predicted molar refractivity (Wildman–Crippen MR) is 135 cm³/mol. The quantitative estimate of drug-likeness (QED) is 0.483. The fraction of sp³-hybridized carbons (Fsp3) is 0.667. The van der Waals surface area contributed by atoms with Gasteiger partial charge in [0.05, 0.1) is 17.7 Å². The molecule has 2 aliphatic heterocycles. The maximum atomic E-state index is 12.8. The lowest BCUT2D eigenvalue weighted by Crippen LogP contribution is -2.53. The Labute approximate surface area is 204 Å². The molecule has 0 saturated carbocycles. The molecule has 34 heavy (non-hydrogen) atoms. The topological polar surface area (TPSA) is 84.2 Å². The minimum atomic E-state index is -1.71. The number of hydrogen-bond acceptors (Lipinski definition) is 7. The molecule has 7 nitrogen and oxygen atoms in total. The van der Waals surface area contributed by atoms with E-state index >= 15 is 0 Å². The first-order valence-corrected chi connectivity index (χ1v) is 12.2. The molecule has 3 rings (SSSR count). The average Bonchev–Trinajstić information content (AvgIpc) is 2.71. The van der Waals surface area contributed by atoms with E-state index in [0.29, 0.717) is 5.41 Å². The highest BCUT2D eigenvalue weighted by Crippen LogP contribution is 2.38. The summed E-state index contributed by atoms with van der Waals surface area (Å²) in [7, 11) is 0. The van der Waals surface area contributed by atoms with Crippen LogP contribution in [0.3, 0.4) is 0 Å². The van der Waals surface area contributed by atoms with Crippen LogP contribution in [0.2, 0.25) is 0 Å². The number of aromatic nitrogens is 1. The van der Waals surface area contributed by atoms with Gasteiger partial charge in [-0.15, -0.1) is 0 Å². The van der Waals surface area contributed by atoms with Crippen LogP contribution in [0.5, 0.6) is 0 Å². The van der Waals surface area contributed by atoms with E-state index in [1.54, 1.807) is 19.9 Å². The van der Waals surface area contributed by atoms with E-state index in [1.165, 1.54) is 6.21 Å². The number of aliphatic imine (C=N–C) groups is 1. The largest absolute Gasteiger partial charge is 0.461 e. The lowest BCUT2D eigenvalue weighted by molar-refractivity contribution is -0.183. The molecule has 3 heterocycles. The molecule has 0 radical (unpaired) electrons. The Bertz CT molecular complexity index is 922. The summed E-state index contributed by atoms with van der Waals surface area (Å²) in [6, 6.07) is 1.80. The van der Waals surface area contributed by atoms with Crippen LogP contribution in [-0.4, -0.2) is 58.8 Å². The van der Waals surface area contributed by atoms with Gasteiger partial charge in [-0.1, -0.05) is 19.9 Å². The SMILES string of the molecule is Cc1cc(N2CCC(C)(C)CC2)c(C2C=CC(O)(C(OC(C)(C)C)C(=O)OC(C)C)C=N2)cn1. The summed E-state index contributed by atoms with van der Waals surface area (Å²) in [6.07, 6.45) is 7.42. The molecule has 1 aromatic heterocycles. The second kappa shape index (κ2) is 9.78. The van der Waals surface area contributed by atoms with E-state index in [9.17, 15) is 9.90 Å². The predicted octanol–water partition coefficient (Wildman–Crippen LogP) is 4.56. The molecule has 1 aromatic rings. The summed E-state index contributed by atoms with van der Waals surface area (Å²) in [4.78, 5) is 24.4. The number of dihydropyridines is 1. The van der Waals surface area contributed by atoms with Gasteiger partial charge < -0.3 is 19.5 Å². The Hall–Kier alpha value is -2.25. The lowest BCUT2D eigenvalue weighted by Gasteiger charge is -2.39. The molecule has 3 atom stereocenters. The zero-order valence-corrected chi connectivity index (χ0v) is 22.0. The number of pyridine rings is 1. The van der Waals surface area contributed by atoms with Crippen LogP contribution in [0.25, 0.3) is 0 Å². The Morgan fingerprint density at radius 2 is 1.88 bits per heavy atom. The van der Waals surface area contributed by atoms with Gasteiger partial charge in [0, 0.05) is 42.4 Å². The Morgan fingerprint density at radius 3 is 2.41 bits per heavy atom. The molecule has 7 heteroatoms. The van der Waals surface area contributed by atoms with E-state index in [4.69, 9.17) is 9.47 Å². The monoisotopic (exact) mass is 471 g/mol. The molecule has 0 aromatic carbocycles. The maximum Gasteiger partial charge on any atom is 0.339 e. The lowest BCUT2D eigenvalue weighted by atomic mass is 9.82. The van der Waals surface area contributed by atoms with Gasteiger partial charge in [0.25, 0.3) is 0 Å².